The Balaban J connectivity index is 2.33. The van der Waals surface area contributed by atoms with Crippen LogP contribution in [0.5, 0.6) is 5.75 Å². The van der Waals surface area contributed by atoms with Gasteiger partial charge in [-0.15, -0.1) is 0 Å². The van der Waals surface area contributed by atoms with E-state index in [0.29, 0.717) is 17.9 Å². The van der Waals surface area contributed by atoms with Gasteiger partial charge in [0.25, 0.3) is 5.91 Å². The lowest BCUT2D eigenvalue weighted by atomic mass is 10.2. The van der Waals surface area contributed by atoms with Gasteiger partial charge >= 0.3 is 0 Å². The maximum Gasteiger partial charge on any atom is 0.257 e. The number of carbonyl (C=O) groups is 1. The molecule has 0 aromatic heterocycles. The molecule has 0 unspecified atom stereocenters. The summed E-state index contributed by atoms with van der Waals surface area (Å²) in [4.78, 5) is 13.7. The van der Waals surface area contributed by atoms with Crippen LogP contribution in [0.15, 0.2) is 29.4 Å². The van der Waals surface area contributed by atoms with E-state index < -0.39 is 0 Å². The van der Waals surface area contributed by atoms with Crippen LogP contribution in [0.4, 0.5) is 0 Å². The average molecular weight is 294 g/mol. The van der Waals surface area contributed by atoms with Crippen molar-refractivity contribution in [1.82, 2.24) is 10.2 Å². The standard InChI is InChI=1S/C14H22N4O3/c1-3-18(2)9-8-16-13(19)10-21-12-6-4-11(5-7-12)14(15)17-20/h4-7,20H,3,8-10H2,1-2H3,(H2,15,17)(H,16,19). The van der Waals surface area contributed by atoms with Crippen molar-refractivity contribution in [1.29, 1.82) is 0 Å². The first-order valence-electron chi connectivity index (χ1n) is 6.72. The van der Waals surface area contributed by atoms with E-state index in [1.807, 2.05) is 7.05 Å². The van der Waals surface area contributed by atoms with Crippen LogP contribution in [0.1, 0.15) is 12.5 Å². The predicted octanol–water partition coefficient (Wildman–Crippen LogP) is 0.228. The first-order valence-corrected chi connectivity index (χ1v) is 6.72. The lowest BCUT2D eigenvalue weighted by Gasteiger charge is -2.14. The van der Waals surface area contributed by atoms with Gasteiger partial charge in [-0.05, 0) is 37.9 Å². The molecule has 0 aliphatic carbocycles. The smallest absolute Gasteiger partial charge is 0.257 e. The Morgan fingerprint density at radius 3 is 2.67 bits per heavy atom. The number of nitrogens with one attached hydrogen (secondary N) is 1. The van der Waals surface area contributed by atoms with E-state index >= 15 is 0 Å². The quantitative estimate of drug-likeness (QED) is 0.276. The fraction of sp³-hybridized carbons (Fsp3) is 0.429. The Hall–Kier alpha value is -2.28. The Bertz CT molecular complexity index is 474. The lowest BCUT2D eigenvalue weighted by molar-refractivity contribution is -0.123. The molecule has 0 saturated heterocycles. The molecule has 0 heterocycles. The highest BCUT2D eigenvalue weighted by molar-refractivity contribution is 5.97. The third-order valence-corrected chi connectivity index (χ3v) is 2.98. The number of amides is 1. The van der Waals surface area contributed by atoms with Crippen LogP contribution in [0.3, 0.4) is 0 Å². The van der Waals surface area contributed by atoms with Gasteiger partial charge in [-0.3, -0.25) is 4.79 Å². The zero-order valence-corrected chi connectivity index (χ0v) is 12.4. The fourth-order valence-corrected chi connectivity index (χ4v) is 1.52. The maximum absolute atomic E-state index is 11.6. The highest BCUT2D eigenvalue weighted by Gasteiger charge is 2.04. The van der Waals surface area contributed by atoms with Crippen molar-refractivity contribution in [2.75, 3.05) is 33.3 Å². The molecule has 1 aromatic carbocycles. The van der Waals surface area contributed by atoms with Gasteiger partial charge in [-0.2, -0.15) is 0 Å². The van der Waals surface area contributed by atoms with Crippen LogP contribution < -0.4 is 15.8 Å². The van der Waals surface area contributed by atoms with E-state index in [2.05, 4.69) is 22.3 Å². The average Bonchev–Trinajstić information content (AvgIpc) is 2.52. The number of ether oxygens (including phenoxy) is 1. The Morgan fingerprint density at radius 2 is 2.10 bits per heavy atom. The van der Waals surface area contributed by atoms with Gasteiger partial charge in [0, 0.05) is 18.7 Å². The third kappa shape index (κ3) is 6.13. The molecule has 7 heteroatoms. The monoisotopic (exact) mass is 294 g/mol. The molecule has 0 fully saturated rings. The number of benzene rings is 1. The van der Waals surface area contributed by atoms with E-state index in [-0.39, 0.29) is 18.3 Å². The summed E-state index contributed by atoms with van der Waals surface area (Å²) in [6.07, 6.45) is 0. The Labute approximate surface area is 124 Å². The molecule has 0 aliphatic heterocycles. The van der Waals surface area contributed by atoms with Gasteiger partial charge in [0.1, 0.15) is 5.75 Å². The van der Waals surface area contributed by atoms with Gasteiger partial charge in [-0.25, -0.2) is 0 Å². The summed E-state index contributed by atoms with van der Waals surface area (Å²) in [7, 11) is 1.99. The molecule has 1 amide bonds. The van der Waals surface area contributed by atoms with Crippen LogP contribution in [-0.2, 0) is 4.79 Å². The number of carbonyl (C=O) groups excluding carboxylic acids is 1. The number of amidine groups is 1. The van der Waals surface area contributed by atoms with Crippen molar-refractivity contribution in [2.24, 2.45) is 10.9 Å². The number of hydrogen-bond acceptors (Lipinski definition) is 5. The molecule has 0 aliphatic rings. The van der Waals surface area contributed by atoms with Crippen molar-refractivity contribution < 1.29 is 14.7 Å². The first kappa shape index (κ1) is 16.8. The van der Waals surface area contributed by atoms with E-state index in [9.17, 15) is 4.79 Å². The highest BCUT2D eigenvalue weighted by atomic mass is 16.5. The van der Waals surface area contributed by atoms with Crippen molar-refractivity contribution in [3.05, 3.63) is 29.8 Å². The summed E-state index contributed by atoms with van der Waals surface area (Å²) in [5.74, 6) is 0.407. The fourth-order valence-electron chi connectivity index (χ4n) is 1.52. The number of nitrogens with two attached hydrogens (primary N) is 1. The number of rotatable bonds is 8. The van der Waals surface area contributed by atoms with Crippen LogP contribution in [0.2, 0.25) is 0 Å². The van der Waals surface area contributed by atoms with Crippen LogP contribution >= 0.6 is 0 Å². The van der Waals surface area contributed by atoms with Crippen LogP contribution in [-0.4, -0.2) is 55.1 Å². The molecular formula is C14H22N4O3. The molecule has 0 atom stereocenters. The lowest BCUT2D eigenvalue weighted by Crippen LogP contribution is -2.35. The van der Waals surface area contributed by atoms with Crippen molar-refractivity contribution >= 4 is 11.7 Å². The van der Waals surface area contributed by atoms with Gasteiger partial charge in [0.15, 0.2) is 12.4 Å². The third-order valence-electron chi connectivity index (χ3n) is 2.98. The molecule has 0 spiro atoms. The number of hydrogen-bond donors (Lipinski definition) is 3. The second kappa shape index (κ2) is 8.80. The zero-order valence-electron chi connectivity index (χ0n) is 12.4. The molecule has 4 N–H and O–H groups in total. The second-order valence-corrected chi connectivity index (χ2v) is 4.54. The minimum absolute atomic E-state index is 0.0272. The summed E-state index contributed by atoms with van der Waals surface area (Å²) in [6.45, 7) is 4.35. The maximum atomic E-state index is 11.6. The molecule has 116 valence electrons. The predicted molar refractivity (Wildman–Crippen MR) is 80.6 cm³/mol. The van der Waals surface area contributed by atoms with Crippen molar-refractivity contribution in [3.8, 4) is 5.75 Å². The van der Waals surface area contributed by atoms with Crippen LogP contribution in [0.25, 0.3) is 0 Å². The Kier molecular flexibility index (Phi) is 7.03. The molecule has 0 saturated carbocycles. The van der Waals surface area contributed by atoms with E-state index in [1.54, 1.807) is 24.3 Å². The summed E-state index contributed by atoms with van der Waals surface area (Å²) in [6, 6.07) is 6.62. The van der Waals surface area contributed by atoms with E-state index in [1.165, 1.54) is 0 Å². The van der Waals surface area contributed by atoms with Gasteiger partial charge in [0.05, 0.1) is 0 Å². The zero-order chi connectivity index (χ0) is 15.7. The van der Waals surface area contributed by atoms with Crippen molar-refractivity contribution in [3.63, 3.8) is 0 Å². The first-order chi connectivity index (χ1) is 10.1. The minimum atomic E-state index is -0.167. The van der Waals surface area contributed by atoms with Gasteiger partial charge in [0.2, 0.25) is 0 Å². The Morgan fingerprint density at radius 1 is 1.43 bits per heavy atom. The molecular weight excluding hydrogens is 272 g/mol. The molecule has 21 heavy (non-hydrogen) atoms. The molecule has 0 radical (unpaired) electrons. The van der Waals surface area contributed by atoms with E-state index in [0.717, 1.165) is 13.1 Å². The van der Waals surface area contributed by atoms with E-state index in [4.69, 9.17) is 15.7 Å². The molecule has 7 nitrogen and oxygen atoms in total. The molecule has 1 aromatic rings. The largest absolute Gasteiger partial charge is 0.484 e. The molecule has 1 rings (SSSR count). The second-order valence-electron chi connectivity index (χ2n) is 4.54. The summed E-state index contributed by atoms with van der Waals surface area (Å²) >= 11 is 0. The topological polar surface area (TPSA) is 100 Å². The number of oxime groups is 1. The minimum Gasteiger partial charge on any atom is -0.484 e. The number of likely N-dealkylation sites (N-methyl/N-ethyl adjacent to an activating group) is 1. The SMILES string of the molecule is CCN(C)CCNC(=O)COc1ccc(C(N)=NO)cc1. The van der Waals surface area contributed by atoms with Gasteiger partial charge < -0.3 is 25.9 Å². The normalized spacial score (nSPS) is 11.5. The highest BCUT2D eigenvalue weighted by Crippen LogP contribution is 2.11. The summed E-state index contributed by atoms with van der Waals surface area (Å²) in [5.41, 5.74) is 6.03. The summed E-state index contributed by atoms with van der Waals surface area (Å²) in [5, 5.41) is 14.2. The summed E-state index contributed by atoms with van der Waals surface area (Å²) < 4.78 is 5.35. The van der Waals surface area contributed by atoms with Gasteiger partial charge in [-0.1, -0.05) is 12.1 Å². The molecule has 0 bridgehead atoms. The number of nitrogens with zero attached hydrogens (tertiary/aromatic N) is 2. The van der Waals surface area contributed by atoms with Crippen LogP contribution in [0, 0.1) is 0 Å². The van der Waals surface area contributed by atoms with Crippen molar-refractivity contribution in [2.45, 2.75) is 6.92 Å².